The largest absolute Gasteiger partial charge is 0.496 e. The van der Waals surface area contributed by atoms with E-state index >= 15 is 0 Å². The summed E-state index contributed by atoms with van der Waals surface area (Å²) in [5, 5.41) is 0. The maximum atomic E-state index is 12.2. The van der Waals surface area contributed by atoms with E-state index in [9.17, 15) is 9.59 Å². The Bertz CT molecular complexity index is 1020. The van der Waals surface area contributed by atoms with Gasteiger partial charge in [-0.1, -0.05) is 23.8 Å². The lowest BCUT2D eigenvalue weighted by atomic mass is 10.1. The van der Waals surface area contributed by atoms with Crippen molar-refractivity contribution in [3.8, 4) is 5.75 Å². The lowest BCUT2D eigenvalue weighted by Crippen LogP contribution is -2.17. The minimum absolute atomic E-state index is 0.0490. The number of nitrogens with zero attached hydrogens (tertiary/aromatic N) is 2. The lowest BCUT2D eigenvalue weighted by molar-refractivity contribution is -0.144. The number of methoxy groups -OCH3 is 1. The highest BCUT2D eigenvalue weighted by Crippen LogP contribution is 2.20. The highest BCUT2D eigenvalue weighted by atomic mass is 16.5. The van der Waals surface area contributed by atoms with Crippen LogP contribution in [0.15, 0.2) is 47.4 Å². The smallest absolute Gasteiger partial charge is 0.310 e. The van der Waals surface area contributed by atoms with Crippen molar-refractivity contribution in [1.82, 2.24) is 9.38 Å². The second-order valence-electron chi connectivity index (χ2n) is 6.17. The Morgan fingerprint density at radius 1 is 1.12 bits per heavy atom. The van der Waals surface area contributed by atoms with Crippen molar-refractivity contribution in [1.29, 1.82) is 0 Å². The van der Waals surface area contributed by atoms with Gasteiger partial charge in [-0.05, 0) is 31.5 Å². The van der Waals surface area contributed by atoms with Gasteiger partial charge in [0.2, 0.25) is 0 Å². The van der Waals surface area contributed by atoms with Crippen LogP contribution in [-0.4, -0.2) is 22.5 Å². The summed E-state index contributed by atoms with van der Waals surface area (Å²) in [6, 6.07) is 10.7. The summed E-state index contributed by atoms with van der Waals surface area (Å²) in [5.74, 6) is 0.241. The number of carbonyl (C=O) groups is 1. The van der Waals surface area contributed by atoms with Crippen molar-refractivity contribution < 1.29 is 14.3 Å². The molecular weight excluding hydrogens is 332 g/mol. The highest BCUT2D eigenvalue weighted by molar-refractivity contribution is 5.73. The maximum Gasteiger partial charge on any atom is 0.310 e. The van der Waals surface area contributed by atoms with E-state index < -0.39 is 5.97 Å². The Hall–Kier alpha value is -3.15. The Balaban J connectivity index is 1.72. The van der Waals surface area contributed by atoms with E-state index in [0.717, 1.165) is 16.7 Å². The van der Waals surface area contributed by atoms with E-state index in [4.69, 9.17) is 9.47 Å². The molecule has 0 bridgehead atoms. The molecule has 0 unspecified atom stereocenters. The Labute approximate surface area is 151 Å². The fourth-order valence-corrected chi connectivity index (χ4v) is 2.74. The molecule has 0 saturated heterocycles. The average Bonchev–Trinajstić information content (AvgIpc) is 2.61. The molecule has 2 aromatic heterocycles. The van der Waals surface area contributed by atoms with Crippen LogP contribution >= 0.6 is 0 Å². The third kappa shape index (κ3) is 3.91. The molecule has 0 aliphatic carbocycles. The number of aromatic nitrogens is 2. The first-order chi connectivity index (χ1) is 12.5. The second-order valence-corrected chi connectivity index (χ2v) is 6.17. The number of rotatable bonds is 5. The van der Waals surface area contributed by atoms with Gasteiger partial charge in [-0.2, -0.15) is 0 Å². The van der Waals surface area contributed by atoms with Crippen molar-refractivity contribution in [3.63, 3.8) is 0 Å². The molecule has 0 saturated carbocycles. The van der Waals surface area contributed by atoms with E-state index in [2.05, 4.69) is 4.98 Å². The van der Waals surface area contributed by atoms with E-state index in [1.807, 2.05) is 38.1 Å². The van der Waals surface area contributed by atoms with Gasteiger partial charge < -0.3 is 9.47 Å². The summed E-state index contributed by atoms with van der Waals surface area (Å²) in [4.78, 5) is 28.7. The van der Waals surface area contributed by atoms with Crippen molar-refractivity contribution in [2.75, 3.05) is 7.11 Å². The fraction of sp³-hybridized carbons (Fsp3) is 0.250. The maximum absolute atomic E-state index is 12.2. The molecule has 1 aromatic carbocycles. The van der Waals surface area contributed by atoms with Gasteiger partial charge in [-0.15, -0.1) is 0 Å². The number of hydrogen-bond donors (Lipinski definition) is 0. The molecule has 0 aliphatic heterocycles. The first kappa shape index (κ1) is 17.7. The van der Waals surface area contributed by atoms with Crippen LogP contribution in [0.3, 0.4) is 0 Å². The molecule has 3 aromatic rings. The minimum Gasteiger partial charge on any atom is -0.496 e. The standard InChI is InChI=1S/C20H20N2O4/c1-13-4-6-17(25-3)15(8-13)9-20(24)26-12-16-10-19(23)22-11-14(2)5-7-18(22)21-16/h4-8,10-11H,9,12H2,1-3H3. The number of fused-ring (bicyclic) bond motifs is 1. The third-order valence-corrected chi connectivity index (χ3v) is 4.01. The molecule has 0 fully saturated rings. The van der Waals surface area contributed by atoms with Crippen LogP contribution < -0.4 is 10.3 Å². The fourth-order valence-electron chi connectivity index (χ4n) is 2.74. The number of carbonyl (C=O) groups excluding carboxylic acids is 1. The van der Waals surface area contributed by atoms with Crippen LogP contribution in [0.2, 0.25) is 0 Å². The van der Waals surface area contributed by atoms with E-state index in [1.165, 1.54) is 10.5 Å². The first-order valence-corrected chi connectivity index (χ1v) is 8.24. The molecule has 6 heteroatoms. The normalized spacial score (nSPS) is 10.7. The molecule has 0 aliphatic rings. The predicted molar refractivity (Wildman–Crippen MR) is 97.4 cm³/mol. The molecular formula is C20H20N2O4. The molecule has 3 rings (SSSR count). The summed E-state index contributed by atoms with van der Waals surface area (Å²) >= 11 is 0. The monoisotopic (exact) mass is 352 g/mol. The Morgan fingerprint density at radius 3 is 2.65 bits per heavy atom. The summed E-state index contributed by atoms with van der Waals surface area (Å²) in [7, 11) is 1.56. The van der Waals surface area contributed by atoms with Gasteiger partial charge >= 0.3 is 5.97 Å². The van der Waals surface area contributed by atoms with E-state index in [-0.39, 0.29) is 18.6 Å². The molecule has 0 radical (unpaired) electrons. The molecule has 0 amide bonds. The Morgan fingerprint density at radius 2 is 1.88 bits per heavy atom. The predicted octanol–water partition coefficient (Wildman–Crippen LogP) is 2.61. The lowest BCUT2D eigenvalue weighted by Gasteiger charge is -2.10. The van der Waals surface area contributed by atoms with Gasteiger partial charge in [0, 0.05) is 17.8 Å². The minimum atomic E-state index is -0.403. The number of hydrogen-bond acceptors (Lipinski definition) is 5. The third-order valence-electron chi connectivity index (χ3n) is 4.01. The van der Waals surface area contributed by atoms with Crippen molar-refractivity contribution in [2.45, 2.75) is 26.9 Å². The van der Waals surface area contributed by atoms with Gasteiger partial charge in [0.05, 0.1) is 19.2 Å². The molecule has 134 valence electrons. The number of pyridine rings is 1. The number of aryl methyl sites for hydroxylation is 2. The zero-order chi connectivity index (χ0) is 18.7. The van der Waals surface area contributed by atoms with Crippen molar-refractivity contribution in [3.05, 3.63) is 75.3 Å². The highest BCUT2D eigenvalue weighted by Gasteiger charge is 2.11. The molecule has 0 atom stereocenters. The SMILES string of the molecule is COc1ccc(C)cc1CC(=O)OCc1cc(=O)n2cc(C)ccc2n1. The number of ether oxygens (including phenoxy) is 2. The van der Waals surface area contributed by atoms with Crippen molar-refractivity contribution >= 4 is 11.6 Å². The van der Waals surface area contributed by atoms with Crippen LogP contribution in [0.1, 0.15) is 22.4 Å². The van der Waals surface area contributed by atoms with Crippen LogP contribution in [0, 0.1) is 13.8 Å². The Kier molecular flexibility index (Phi) is 5.02. The zero-order valence-electron chi connectivity index (χ0n) is 15.0. The molecule has 2 heterocycles. The van der Waals surface area contributed by atoms with Gasteiger partial charge in [-0.3, -0.25) is 14.0 Å². The zero-order valence-corrected chi connectivity index (χ0v) is 15.0. The molecule has 0 N–H and O–H groups in total. The number of benzene rings is 1. The second kappa shape index (κ2) is 7.39. The first-order valence-electron chi connectivity index (χ1n) is 8.24. The average molecular weight is 352 g/mol. The summed E-state index contributed by atoms with van der Waals surface area (Å²) < 4.78 is 12.0. The quantitative estimate of drug-likeness (QED) is 0.660. The van der Waals surface area contributed by atoms with E-state index in [1.54, 1.807) is 19.4 Å². The molecule has 26 heavy (non-hydrogen) atoms. The van der Waals surface area contributed by atoms with Gasteiger partial charge in [0.25, 0.3) is 5.56 Å². The summed E-state index contributed by atoms with van der Waals surface area (Å²) in [6.07, 6.45) is 1.82. The van der Waals surface area contributed by atoms with Crippen LogP contribution in [0.4, 0.5) is 0 Å². The van der Waals surface area contributed by atoms with Gasteiger partial charge in [-0.25, -0.2) is 4.98 Å². The van der Waals surface area contributed by atoms with Crippen LogP contribution in [0.25, 0.3) is 5.65 Å². The molecule has 0 spiro atoms. The van der Waals surface area contributed by atoms with Crippen LogP contribution in [-0.2, 0) is 22.6 Å². The molecule has 6 nitrogen and oxygen atoms in total. The van der Waals surface area contributed by atoms with Crippen LogP contribution in [0.5, 0.6) is 5.75 Å². The summed E-state index contributed by atoms with van der Waals surface area (Å²) in [6.45, 7) is 3.80. The topological polar surface area (TPSA) is 69.9 Å². The van der Waals surface area contributed by atoms with Crippen molar-refractivity contribution in [2.24, 2.45) is 0 Å². The van der Waals surface area contributed by atoms with E-state index in [0.29, 0.717) is 17.1 Å². The van der Waals surface area contributed by atoms with Gasteiger partial charge in [0.1, 0.15) is 18.0 Å². The summed E-state index contributed by atoms with van der Waals surface area (Å²) in [5.41, 5.74) is 3.50. The van der Waals surface area contributed by atoms with Gasteiger partial charge in [0.15, 0.2) is 0 Å². The number of esters is 1.